The van der Waals surface area contributed by atoms with Crippen LogP contribution in [0.25, 0.3) is 0 Å². The maximum absolute atomic E-state index is 12.2. The van der Waals surface area contributed by atoms with Crippen LogP contribution < -0.4 is 14.8 Å². The van der Waals surface area contributed by atoms with Gasteiger partial charge < -0.3 is 19.7 Å². The van der Waals surface area contributed by atoms with Gasteiger partial charge in [-0.15, -0.1) is 0 Å². The summed E-state index contributed by atoms with van der Waals surface area (Å²) in [6.07, 6.45) is 0. The van der Waals surface area contributed by atoms with E-state index in [4.69, 9.17) is 9.47 Å². The minimum absolute atomic E-state index is 0.150. The van der Waals surface area contributed by atoms with E-state index >= 15 is 0 Å². The van der Waals surface area contributed by atoms with Crippen LogP contribution in [0.2, 0.25) is 0 Å². The fourth-order valence-corrected chi connectivity index (χ4v) is 2.33. The number of ether oxygens (including phenoxy) is 2. The molecule has 1 aliphatic heterocycles. The lowest BCUT2D eigenvalue weighted by Crippen LogP contribution is -2.30. The summed E-state index contributed by atoms with van der Waals surface area (Å²) in [5.41, 5.74) is 2.89. The molecular weight excluding hydrogens is 280 g/mol. The van der Waals surface area contributed by atoms with Crippen molar-refractivity contribution in [1.29, 1.82) is 0 Å². The molecule has 0 radical (unpaired) electrons. The van der Waals surface area contributed by atoms with Gasteiger partial charge in [-0.05, 0) is 42.3 Å². The smallest absolute Gasteiger partial charge is 0.321 e. The van der Waals surface area contributed by atoms with Crippen molar-refractivity contribution in [3.63, 3.8) is 0 Å². The summed E-state index contributed by atoms with van der Waals surface area (Å²) in [5, 5.41) is 2.89. The highest BCUT2D eigenvalue weighted by Crippen LogP contribution is 2.32. The Morgan fingerprint density at radius 1 is 1.18 bits per heavy atom. The topological polar surface area (TPSA) is 50.8 Å². The summed E-state index contributed by atoms with van der Waals surface area (Å²) in [6.45, 7) is 2.74. The minimum Gasteiger partial charge on any atom is -0.454 e. The molecule has 1 heterocycles. The Morgan fingerprint density at radius 2 is 2.00 bits per heavy atom. The molecule has 1 aliphatic rings. The molecule has 0 aromatic heterocycles. The van der Waals surface area contributed by atoms with E-state index < -0.39 is 0 Å². The number of hydrogen-bond acceptors (Lipinski definition) is 3. The zero-order valence-corrected chi connectivity index (χ0v) is 12.6. The van der Waals surface area contributed by atoms with Gasteiger partial charge in [0.15, 0.2) is 11.5 Å². The molecule has 0 unspecified atom stereocenters. The highest BCUT2D eigenvalue weighted by Gasteiger charge is 2.15. The molecule has 22 heavy (non-hydrogen) atoms. The van der Waals surface area contributed by atoms with E-state index in [1.807, 2.05) is 49.4 Å². The number of anilines is 1. The molecule has 2 amide bonds. The summed E-state index contributed by atoms with van der Waals surface area (Å²) in [7, 11) is 1.76. The van der Waals surface area contributed by atoms with Crippen LogP contribution >= 0.6 is 0 Å². The van der Waals surface area contributed by atoms with E-state index in [2.05, 4.69) is 5.32 Å². The van der Waals surface area contributed by atoms with Crippen molar-refractivity contribution in [1.82, 2.24) is 4.90 Å². The molecule has 5 heteroatoms. The maximum atomic E-state index is 12.2. The number of nitrogens with zero attached hydrogens (tertiary/aromatic N) is 1. The van der Waals surface area contributed by atoms with E-state index in [1.54, 1.807) is 11.9 Å². The summed E-state index contributed by atoms with van der Waals surface area (Å²) in [4.78, 5) is 13.8. The Bertz CT molecular complexity index is 700. The standard InChI is InChI=1S/C17H18N2O3/c1-12-4-3-5-14(8-12)18-17(20)19(2)10-13-6-7-15-16(9-13)22-11-21-15/h3-9H,10-11H2,1-2H3,(H,18,20). The first-order valence-electron chi connectivity index (χ1n) is 7.09. The Labute approximate surface area is 129 Å². The Balaban J connectivity index is 1.63. The van der Waals surface area contributed by atoms with Gasteiger partial charge in [-0.1, -0.05) is 18.2 Å². The largest absolute Gasteiger partial charge is 0.454 e. The van der Waals surface area contributed by atoms with Crippen molar-refractivity contribution in [3.05, 3.63) is 53.6 Å². The van der Waals surface area contributed by atoms with Crippen LogP contribution in [-0.4, -0.2) is 24.8 Å². The summed E-state index contributed by atoms with van der Waals surface area (Å²) in [6, 6.07) is 13.3. The number of urea groups is 1. The van der Waals surface area contributed by atoms with E-state index in [1.165, 1.54) is 0 Å². The van der Waals surface area contributed by atoms with Crippen LogP contribution in [-0.2, 0) is 6.54 Å². The van der Waals surface area contributed by atoms with Crippen molar-refractivity contribution in [3.8, 4) is 11.5 Å². The van der Waals surface area contributed by atoms with Crippen LogP contribution in [0.4, 0.5) is 10.5 Å². The zero-order valence-electron chi connectivity index (χ0n) is 12.6. The molecule has 2 aromatic carbocycles. The molecule has 0 spiro atoms. The highest BCUT2D eigenvalue weighted by molar-refractivity contribution is 5.89. The molecule has 0 atom stereocenters. The third-order valence-corrected chi connectivity index (χ3v) is 3.47. The van der Waals surface area contributed by atoms with Gasteiger partial charge in [0.1, 0.15) is 0 Å². The van der Waals surface area contributed by atoms with Crippen molar-refractivity contribution in [2.45, 2.75) is 13.5 Å². The number of hydrogen-bond donors (Lipinski definition) is 1. The van der Waals surface area contributed by atoms with Gasteiger partial charge in [-0.3, -0.25) is 0 Å². The third-order valence-electron chi connectivity index (χ3n) is 3.47. The molecule has 0 saturated carbocycles. The van der Waals surface area contributed by atoms with Gasteiger partial charge in [-0.25, -0.2) is 4.79 Å². The predicted octanol–water partition coefficient (Wildman–Crippen LogP) is 3.39. The molecule has 2 aromatic rings. The van der Waals surface area contributed by atoms with Crippen LogP contribution in [0.3, 0.4) is 0 Å². The van der Waals surface area contributed by atoms with Crippen molar-refractivity contribution >= 4 is 11.7 Å². The van der Waals surface area contributed by atoms with Gasteiger partial charge in [0.25, 0.3) is 0 Å². The first kappa shape index (κ1) is 14.3. The second-order valence-corrected chi connectivity index (χ2v) is 5.34. The molecule has 0 saturated heterocycles. The second-order valence-electron chi connectivity index (χ2n) is 5.34. The van der Waals surface area contributed by atoms with Gasteiger partial charge in [0.05, 0.1) is 0 Å². The first-order chi connectivity index (χ1) is 10.6. The van der Waals surface area contributed by atoms with E-state index in [-0.39, 0.29) is 12.8 Å². The number of carbonyl (C=O) groups is 1. The molecule has 3 rings (SSSR count). The lowest BCUT2D eigenvalue weighted by Gasteiger charge is -2.18. The fraction of sp³-hybridized carbons (Fsp3) is 0.235. The van der Waals surface area contributed by atoms with Crippen LogP contribution in [0, 0.1) is 6.92 Å². The molecule has 0 aliphatic carbocycles. The zero-order chi connectivity index (χ0) is 15.5. The molecular formula is C17H18N2O3. The monoisotopic (exact) mass is 298 g/mol. The Hall–Kier alpha value is -2.69. The van der Waals surface area contributed by atoms with E-state index in [0.717, 1.165) is 28.3 Å². The highest BCUT2D eigenvalue weighted by atomic mass is 16.7. The quantitative estimate of drug-likeness (QED) is 0.945. The molecule has 5 nitrogen and oxygen atoms in total. The summed E-state index contributed by atoms with van der Waals surface area (Å²) in [5.74, 6) is 1.47. The fourth-order valence-electron chi connectivity index (χ4n) is 2.33. The first-order valence-corrected chi connectivity index (χ1v) is 7.09. The van der Waals surface area contributed by atoms with Crippen LogP contribution in [0.1, 0.15) is 11.1 Å². The predicted molar refractivity (Wildman–Crippen MR) is 84.2 cm³/mol. The summed E-state index contributed by atoms with van der Waals surface area (Å²) < 4.78 is 10.6. The number of carbonyl (C=O) groups excluding carboxylic acids is 1. The van der Waals surface area contributed by atoms with E-state index in [0.29, 0.717) is 6.54 Å². The minimum atomic E-state index is -0.150. The lowest BCUT2D eigenvalue weighted by molar-refractivity contribution is 0.174. The molecule has 114 valence electrons. The van der Waals surface area contributed by atoms with Crippen molar-refractivity contribution in [2.75, 3.05) is 19.2 Å². The molecule has 0 bridgehead atoms. The van der Waals surface area contributed by atoms with Gasteiger partial charge in [0.2, 0.25) is 6.79 Å². The average molecular weight is 298 g/mol. The number of nitrogens with one attached hydrogen (secondary N) is 1. The lowest BCUT2D eigenvalue weighted by atomic mass is 10.2. The Morgan fingerprint density at radius 3 is 2.82 bits per heavy atom. The number of aryl methyl sites for hydroxylation is 1. The van der Waals surface area contributed by atoms with Crippen LogP contribution in [0.5, 0.6) is 11.5 Å². The number of rotatable bonds is 3. The molecule has 0 fully saturated rings. The second kappa shape index (κ2) is 5.97. The number of benzene rings is 2. The van der Waals surface area contributed by atoms with Gasteiger partial charge in [0, 0.05) is 19.3 Å². The maximum Gasteiger partial charge on any atom is 0.321 e. The van der Waals surface area contributed by atoms with E-state index in [9.17, 15) is 4.79 Å². The van der Waals surface area contributed by atoms with Crippen molar-refractivity contribution < 1.29 is 14.3 Å². The number of amides is 2. The molecule has 1 N–H and O–H groups in total. The normalized spacial score (nSPS) is 12.1. The van der Waals surface area contributed by atoms with Crippen LogP contribution in [0.15, 0.2) is 42.5 Å². The Kier molecular flexibility index (Phi) is 3.87. The van der Waals surface area contributed by atoms with Crippen molar-refractivity contribution in [2.24, 2.45) is 0 Å². The third kappa shape index (κ3) is 3.14. The number of fused-ring (bicyclic) bond motifs is 1. The summed E-state index contributed by atoms with van der Waals surface area (Å²) >= 11 is 0. The van der Waals surface area contributed by atoms with Gasteiger partial charge in [-0.2, -0.15) is 0 Å². The SMILES string of the molecule is Cc1cccc(NC(=O)N(C)Cc2ccc3c(c2)OCO3)c1. The van der Waals surface area contributed by atoms with Gasteiger partial charge >= 0.3 is 6.03 Å². The average Bonchev–Trinajstić information content (AvgIpc) is 2.94.